The zero-order valence-electron chi connectivity index (χ0n) is 16.6. The molecule has 2 aromatic rings. The van der Waals surface area contributed by atoms with Crippen molar-refractivity contribution in [1.29, 1.82) is 0 Å². The summed E-state index contributed by atoms with van der Waals surface area (Å²) < 4.78 is 3.07. The molecule has 2 heterocycles. The quantitative estimate of drug-likeness (QED) is 0.218. The molecule has 0 saturated carbocycles. The first-order chi connectivity index (χ1) is 13.2. The molecule has 0 N–H and O–H groups in total. The van der Waals surface area contributed by atoms with Crippen LogP contribution in [0.15, 0.2) is 24.3 Å². The van der Waals surface area contributed by atoms with Crippen molar-refractivity contribution >= 4 is 67.9 Å². The van der Waals surface area contributed by atoms with Gasteiger partial charge in [-0.15, -0.1) is 22.7 Å². The fourth-order valence-electron chi connectivity index (χ4n) is 6.41. The van der Waals surface area contributed by atoms with Gasteiger partial charge in [-0.05, 0) is 91.1 Å². The summed E-state index contributed by atoms with van der Waals surface area (Å²) in [6, 6.07) is 0. The monoisotopic (exact) mass is 630 g/mol. The van der Waals surface area contributed by atoms with Crippen LogP contribution in [0.3, 0.4) is 0 Å². The third-order valence-corrected chi connectivity index (χ3v) is 12.4. The van der Waals surface area contributed by atoms with Gasteiger partial charge in [-0.3, -0.25) is 0 Å². The van der Waals surface area contributed by atoms with Crippen LogP contribution in [0.25, 0.3) is 9.75 Å². The smallest absolute Gasteiger partial charge is 0.0701 e. The van der Waals surface area contributed by atoms with Gasteiger partial charge in [-0.2, -0.15) is 0 Å². The highest BCUT2D eigenvalue weighted by Crippen LogP contribution is 2.65. The highest BCUT2D eigenvalue weighted by molar-refractivity contribution is 14.1. The SMILES string of the molecule is CC1(C)C[C@H]2C=C[C@@H]1c1c(-c3sc(I)c4c3[C@H]3C=C[C@@H]4CC3(C)C)sc(I)c12. The van der Waals surface area contributed by atoms with Crippen molar-refractivity contribution in [3.8, 4) is 9.75 Å². The molecule has 4 heteroatoms. The fraction of sp³-hybridized carbons (Fsp3) is 0.500. The van der Waals surface area contributed by atoms with Crippen LogP contribution in [0.2, 0.25) is 0 Å². The van der Waals surface area contributed by atoms with Gasteiger partial charge in [-0.25, -0.2) is 0 Å². The number of hydrogen-bond donors (Lipinski definition) is 0. The van der Waals surface area contributed by atoms with Crippen molar-refractivity contribution in [2.75, 3.05) is 0 Å². The summed E-state index contributed by atoms with van der Waals surface area (Å²) in [5.41, 5.74) is 7.44. The lowest BCUT2D eigenvalue weighted by Crippen LogP contribution is -2.33. The van der Waals surface area contributed by atoms with E-state index in [1.807, 2.05) is 0 Å². The summed E-state index contributed by atoms with van der Waals surface area (Å²) in [4.78, 5) is 3.21. The van der Waals surface area contributed by atoms with Crippen LogP contribution in [-0.4, -0.2) is 0 Å². The van der Waals surface area contributed by atoms with E-state index < -0.39 is 0 Å². The fourth-order valence-corrected chi connectivity index (χ4v) is 11.6. The van der Waals surface area contributed by atoms with Gasteiger partial charge in [0.15, 0.2) is 0 Å². The molecule has 0 aromatic carbocycles. The maximum Gasteiger partial charge on any atom is 0.0701 e. The van der Waals surface area contributed by atoms with Crippen molar-refractivity contribution in [1.82, 2.24) is 0 Å². The average Bonchev–Trinajstić information content (AvgIpc) is 3.14. The Bertz CT molecular complexity index is 993. The Labute approximate surface area is 203 Å². The maximum absolute atomic E-state index is 2.63. The predicted molar refractivity (Wildman–Crippen MR) is 139 cm³/mol. The molecule has 6 aliphatic rings. The van der Waals surface area contributed by atoms with E-state index >= 15 is 0 Å². The van der Waals surface area contributed by atoms with Gasteiger partial charge in [0.2, 0.25) is 0 Å². The Balaban J connectivity index is 1.62. The molecule has 8 rings (SSSR count). The molecular formula is C24H24I2S2. The Kier molecular flexibility index (Phi) is 4.07. The van der Waals surface area contributed by atoms with E-state index in [1.165, 1.54) is 18.6 Å². The molecule has 146 valence electrons. The van der Waals surface area contributed by atoms with Crippen molar-refractivity contribution in [3.05, 3.63) is 52.3 Å². The molecule has 0 spiro atoms. The van der Waals surface area contributed by atoms with Crippen LogP contribution in [0.4, 0.5) is 0 Å². The van der Waals surface area contributed by atoms with E-state index in [4.69, 9.17) is 0 Å². The number of rotatable bonds is 1. The lowest BCUT2D eigenvalue weighted by atomic mass is 9.58. The summed E-state index contributed by atoms with van der Waals surface area (Å²) >= 11 is 9.41. The Morgan fingerprint density at radius 2 is 1.07 bits per heavy atom. The van der Waals surface area contributed by atoms with Crippen LogP contribution < -0.4 is 0 Å². The zero-order valence-corrected chi connectivity index (χ0v) is 22.6. The topological polar surface area (TPSA) is 0 Å². The molecule has 0 saturated heterocycles. The van der Waals surface area contributed by atoms with Gasteiger partial charge in [0, 0.05) is 33.4 Å². The van der Waals surface area contributed by atoms with Crippen molar-refractivity contribution in [2.45, 2.75) is 64.2 Å². The number of fused-ring (bicyclic) bond motifs is 2. The van der Waals surface area contributed by atoms with E-state index in [9.17, 15) is 0 Å². The first-order valence-electron chi connectivity index (χ1n) is 10.2. The third kappa shape index (κ3) is 2.38. The number of halogens is 2. The highest BCUT2D eigenvalue weighted by Gasteiger charge is 2.48. The van der Waals surface area contributed by atoms with Gasteiger partial charge in [0.1, 0.15) is 0 Å². The van der Waals surface area contributed by atoms with E-state index in [1.54, 1.807) is 32.0 Å². The number of hydrogen-bond acceptors (Lipinski definition) is 2. The summed E-state index contributed by atoms with van der Waals surface area (Å²) in [7, 11) is 0. The van der Waals surface area contributed by atoms with E-state index in [2.05, 4.69) is 120 Å². The molecule has 0 radical (unpaired) electrons. The highest BCUT2D eigenvalue weighted by atomic mass is 127. The zero-order chi connectivity index (χ0) is 19.6. The molecule has 0 amide bonds. The van der Waals surface area contributed by atoms with Crippen LogP contribution in [0.5, 0.6) is 0 Å². The minimum Gasteiger partial charge on any atom is -0.128 e. The average molecular weight is 630 g/mol. The molecule has 6 aliphatic carbocycles. The molecule has 2 aromatic heterocycles. The summed E-state index contributed by atoms with van der Waals surface area (Å²) in [5.74, 6) is 2.38. The summed E-state index contributed by atoms with van der Waals surface area (Å²) in [6.45, 7) is 9.92. The van der Waals surface area contributed by atoms with Crippen molar-refractivity contribution in [3.63, 3.8) is 0 Å². The maximum atomic E-state index is 2.63. The Morgan fingerprint density at radius 1 is 0.679 bits per heavy atom. The first-order valence-corrected chi connectivity index (χ1v) is 14.0. The molecule has 28 heavy (non-hydrogen) atoms. The molecule has 0 aliphatic heterocycles. The number of allylic oxidation sites excluding steroid dienone is 4. The van der Waals surface area contributed by atoms with E-state index in [-0.39, 0.29) is 0 Å². The van der Waals surface area contributed by atoms with Gasteiger partial charge >= 0.3 is 0 Å². The van der Waals surface area contributed by atoms with E-state index in [0.29, 0.717) is 34.5 Å². The second kappa shape index (κ2) is 5.98. The summed E-state index contributed by atoms with van der Waals surface area (Å²) in [6.07, 6.45) is 12.7. The van der Waals surface area contributed by atoms with Gasteiger partial charge in [0.05, 0.1) is 5.77 Å². The molecule has 0 nitrogen and oxygen atoms in total. The Hall–Kier alpha value is 0.340. The van der Waals surface area contributed by atoms with Crippen LogP contribution >= 0.6 is 67.9 Å². The second-order valence-electron chi connectivity index (χ2n) is 10.4. The van der Waals surface area contributed by atoms with Crippen LogP contribution in [0.1, 0.15) is 86.5 Å². The van der Waals surface area contributed by atoms with Gasteiger partial charge < -0.3 is 0 Å². The van der Waals surface area contributed by atoms with E-state index in [0.717, 1.165) is 0 Å². The normalized spacial score (nSPS) is 32.6. The lowest BCUT2D eigenvalue weighted by Gasteiger charge is -2.46. The minimum absolute atomic E-state index is 0.369. The van der Waals surface area contributed by atoms with Crippen molar-refractivity contribution in [2.24, 2.45) is 10.8 Å². The van der Waals surface area contributed by atoms with Crippen LogP contribution in [-0.2, 0) is 0 Å². The standard InChI is InChI=1S/C24H24I2S2/c1-23(2)9-11-5-7-13(23)17-15(11)21(25)27-19(17)20-18-14-8-6-12(10-24(14,3)4)16(18)22(26)28-20/h5-8,11-14H,9-10H2,1-4H3/t11-,12-,13-,14-/m1/s1. The third-order valence-electron chi connectivity index (χ3n) is 7.69. The lowest BCUT2D eigenvalue weighted by molar-refractivity contribution is 0.250. The Morgan fingerprint density at radius 3 is 1.43 bits per heavy atom. The van der Waals surface area contributed by atoms with Crippen LogP contribution in [0, 0.1) is 16.6 Å². The molecule has 0 unspecified atom stereocenters. The largest absolute Gasteiger partial charge is 0.128 e. The van der Waals surface area contributed by atoms with Crippen molar-refractivity contribution < 1.29 is 0 Å². The molecule has 4 atom stereocenters. The summed E-state index contributed by atoms with van der Waals surface area (Å²) in [5, 5.41) is 0. The molecule has 4 bridgehead atoms. The van der Waals surface area contributed by atoms with Gasteiger partial charge in [0.25, 0.3) is 0 Å². The minimum atomic E-state index is 0.369. The predicted octanol–water partition coefficient (Wildman–Crippen LogP) is 9.02. The van der Waals surface area contributed by atoms with Gasteiger partial charge in [-0.1, -0.05) is 52.0 Å². The number of thiophene rings is 2. The second-order valence-corrected chi connectivity index (χ2v) is 16.1. The first kappa shape index (κ1) is 19.1. The molecular weight excluding hydrogens is 606 g/mol. The molecule has 0 fully saturated rings.